The summed E-state index contributed by atoms with van der Waals surface area (Å²) in [5, 5.41) is 4.59. The quantitative estimate of drug-likeness (QED) is 0.817. The van der Waals surface area contributed by atoms with Crippen molar-refractivity contribution in [2.75, 3.05) is 5.32 Å². The van der Waals surface area contributed by atoms with Crippen LogP contribution < -0.4 is 10.6 Å². The first-order valence-electron chi connectivity index (χ1n) is 7.05. The highest BCUT2D eigenvalue weighted by Crippen LogP contribution is 2.47. The average Bonchev–Trinajstić information content (AvgIpc) is 3.20. The van der Waals surface area contributed by atoms with Gasteiger partial charge in [0, 0.05) is 11.7 Å². The highest BCUT2D eigenvalue weighted by Gasteiger charge is 2.56. The van der Waals surface area contributed by atoms with E-state index in [0.29, 0.717) is 12.8 Å². The normalized spacial score (nSPS) is 16.1. The minimum absolute atomic E-state index is 0.0460. The van der Waals surface area contributed by atoms with Crippen molar-refractivity contribution < 1.29 is 22.8 Å². The molecule has 2 N–H and O–H groups in total. The molecule has 0 spiro atoms. The van der Waals surface area contributed by atoms with E-state index in [4.69, 9.17) is 11.6 Å². The number of halogens is 4. The molecule has 2 rings (SSSR count). The van der Waals surface area contributed by atoms with Crippen LogP contribution in [0.1, 0.15) is 32.3 Å². The Morgan fingerprint density at radius 2 is 1.83 bits per heavy atom. The van der Waals surface area contributed by atoms with Crippen molar-refractivity contribution in [3.63, 3.8) is 0 Å². The Morgan fingerprint density at radius 1 is 1.22 bits per heavy atom. The van der Waals surface area contributed by atoms with Gasteiger partial charge in [-0.25, -0.2) is 0 Å². The monoisotopic (exact) mass is 348 g/mol. The van der Waals surface area contributed by atoms with E-state index in [1.165, 1.54) is 6.07 Å². The van der Waals surface area contributed by atoms with Gasteiger partial charge in [0.15, 0.2) is 0 Å². The zero-order chi connectivity index (χ0) is 17.4. The van der Waals surface area contributed by atoms with Gasteiger partial charge in [0.25, 0.3) is 0 Å². The number of anilines is 1. The van der Waals surface area contributed by atoms with Crippen LogP contribution >= 0.6 is 11.6 Å². The maximum absolute atomic E-state index is 12.8. The third-order valence-corrected chi connectivity index (χ3v) is 3.90. The summed E-state index contributed by atoms with van der Waals surface area (Å²) in [6.45, 7) is 3.53. The van der Waals surface area contributed by atoms with Crippen molar-refractivity contribution in [3.05, 3.63) is 28.8 Å². The molecule has 23 heavy (non-hydrogen) atoms. The lowest BCUT2D eigenvalue weighted by Gasteiger charge is -2.18. The summed E-state index contributed by atoms with van der Waals surface area (Å²) in [7, 11) is 0. The van der Waals surface area contributed by atoms with Crippen molar-refractivity contribution in [3.8, 4) is 0 Å². The zero-order valence-corrected chi connectivity index (χ0v) is 13.3. The van der Waals surface area contributed by atoms with E-state index in [2.05, 4.69) is 10.6 Å². The lowest BCUT2D eigenvalue weighted by Crippen LogP contribution is -2.42. The Bertz CT molecular complexity index is 640. The van der Waals surface area contributed by atoms with Crippen LogP contribution in [0.4, 0.5) is 18.9 Å². The average molecular weight is 349 g/mol. The third-order valence-electron chi connectivity index (χ3n) is 3.57. The summed E-state index contributed by atoms with van der Waals surface area (Å²) in [6.07, 6.45) is -3.88. The minimum Gasteiger partial charge on any atom is -0.353 e. The van der Waals surface area contributed by atoms with E-state index in [0.717, 1.165) is 12.1 Å². The number of carbonyl (C=O) groups excluding carboxylic acids is 2. The molecule has 0 radical (unpaired) electrons. The fourth-order valence-electron chi connectivity index (χ4n) is 2.15. The molecule has 1 aliphatic rings. The number of rotatable bonds is 4. The molecule has 2 amide bonds. The number of hydrogen-bond donors (Lipinski definition) is 2. The van der Waals surface area contributed by atoms with Crippen molar-refractivity contribution in [1.82, 2.24) is 5.32 Å². The van der Waals surface area contributed by atoms with Gasteiger partial charge < -0.3 is 10.6 Å². The molecule has 0 bridgehead atoms. The number of amides is 2. The van der Waals surface area contributed by atoms with E-state index < -0.39 is 34.0 Å². The van der Waals surface area contributed by atoms with Crippen LogP contribution in [-0.4, -0.2) is 17.9 Å². The molecule has 0 atom stereocenters. The molecule has 0 heterocycles. The molecule has 1 aromatic rings. The van der Waals surface area contributed by atoms with Gasteiger partial charge in [0.2, 0.25) is 11.8 Å². The number of hydrogen-bond acceptors (Lipinski definition) is 2. The second kappa shape index (κ2) is 6.03. The number of nitrogens with one attached hydrogen (secondary N) is 2. The first-order valence-corrected chi connectivity index (χ1v) is 7.43. The third kappa shape index (κ3) is 3.77. The zero-order valence-electron chi connectivity index (χ0n) is 12.6. The Morgan fingerprint density at radius 3 is 2.30 bits per heavy atom. The topological polar surface area (TPSA) is 58.2 Å². The Hall–Kier alpha value is -1.76. The van der Waals surface area contributed by atoms with Gasteiger partial charge in [-0.1, -0.05) is 11.6 Å². The Labute approximate surface area is 136 Å². The largest absolute Gasteiger partial charge is 0.417 e. The van der Waals surface area contributed by atoms with Crippen molar-refractivity contribution >= 4 is 29.1 Å². The van der Waals surface area contributed by atoms with Crippen molar-refractivity contribution in [2.45, 2.75) is 38.9 Å². The van der Waals surface area contributed by atoms with Gasteiger partial charge in [0.05, 0.1) is 10.6 Å². The molecule has 8 heteroatoms. The standard InChI is InChI=1S/C15H16ClF3N2O2/c1-8(2)20-12(22)14(5-6-14)13(23)21-9-3-4-11(16)10(7-9)15(17,18)19/h3-4,7-8H,5-6H2,1-2H3,(H,20,22)(H,21,23). The van der Waals surface area contributed by atoms with Gasteiger partial charge in [0.1, 0.15) is 5.41 Å². The van der Waals surface area contributed by atoms with E-state index in [1.807, 2.05) is 0 Å². The minimum atomic E-state index is -4.62. The second-order valence-corrected chi connectivity index (χ2v) is 6.26. The predicted molar refractivity (Wildman–Crippen MR) is 80.0 cm³/mol. The van der Waals surface area contributed by atoms with Gasteiger partial charge >= 0.3 is 6.18 Å². The van der Waals surface area contributed by atoms with Crippen LogP contribution in [0.3, 0.4) is 0 Å². The molecule has 126 valence electrons. The van der Waals surface area contributed by atoms with Crippen LogP contribution in [0.5, 0.6) is 0 Å². The number of carbonyl (C=O) groups is 2. The fraction of sp³-hybridized carbons (Fsp3) is 0.467. The number of benzene rings is 1. The lowest BCUT2D eigenvalue weighted by atomic mass is 10.0. The van der Waals surface area contributed by atoms with E-state index >= 15 is 0 Å². The summed E-state index contributed by atoms with van der Waals surface area (Å²) in [5.74, 6) is -1.01. The summed E-state index contributed by atoms with van der Waals surface area (Å²) in [4.78, 5) is 24.4. The van der Waals surface area contributed by atoms with Gasteiger partial charge in [-0.15, -0.1) is 0 Å². The predicted octanol–water partition coefficient (Wildman–Crippen LogP) is 3.60. The molecule has 4 nitrogen and oxygen atoms in total. The van der Waals surface area contributed by atoms with Crippen molar-refractivity contribution in [2.24, 2.45) is 5.41 Å². The van der Waals surface area contributed by atoms with Crippen LogP contribution in [0, 0.1) is 5.41 Å². The van der Waals surface area contributed by atoms with Crippen LogP contribution in [-0.2, 0) is 15.8 Å². The molecular formula is C15H16ClF3N2O2. The van der Waals surface area contributed by atoms with E-state index in [1.54, 1.807) is 13.8 Å². The van der Waals surface area contributed by atoms with Crippen LogP contribution in [0.25, 0.3) is 0 Å². The summed E-state index contributed by atoms with van der Waals surface area (Å²) >= 11 is 5.53. The summed E-state index contributed by atoms with van der Waals surface area (Å²) < 4.78 is 38.5. The van der Waals surface area contributed by atoms with Gasteiger partial charge in [-0.2, -0.15) is 13.2 Å². The maximum atomic E-state index is 12.8. The summed E-state index contributed by atoms with van der Waals surface area (Å²) in [6, 6.07) is 2.97. The molecule has 0 unspecified atom stereocenters. The first kappa shape index (κ1) is 17.6. The molecule has 1 aromatic carbocycles. The Balaban J connectivity index is 2.17. The number of alkyl halides is 3. The molecule has 1 fully saturated rings. The van der Waals surface area contributed by atoms with Crippen molar-refractivity contribution in [1.29, 1.82) is 0 Å². The van der Waals surface area contributed by atoms with E-state index in [9.17, 15) is 22.8 Å². The molecule has 0 saturated heterocycles. The highest BCUT2D eigenvalue weighted by atomic mass is 35.5. The SMILES string of the molecule is CC(C)NC(=O)C1(C(=O)Nc2ccc(Cl)c(C(F)(F)F)c2)CC1. The molecule has 1 aliphatic carbocycles. The van der Waals surface area contributed by atoms with Gasteiger partial charge in [-0.05, 0) is 44.9 Å². The van der Waals surface area contributed by atoms with E-state index in [-0.39, 0.29) is 11.7 Å². The maximum Gasteiger partial charge on any atom is 0.417 e. The van der Waals surface area contributed by atoms with Crippen LogP contribution in [0.2, 0.25) is 5.02 Å². The summed E-state index contributed by atoms with van der Waals surface area (Å²) in [5.41, 5.74) is -2.27. The second-order valence-electron chi connectivity index (χ2n) is 5.86. The highest BCUT2D eigenvalue weighted by molar-refractivity contribution is 6.31. The fourth-order valence-corrected chi connectivity index (χ4v) is 2.38. The van der Waals surface area contributed by atoms with Gasteiger partial charge in [-0.3, -0.25) is 9.59 Å². The lowest BCUT2D eigenvalue weighted by molar-refractivity contribution is -0.138. The molecule has 1 saturated carbocycles. The van der Waals surface area contributed by atoms with Crippen LogP contribution in [0.15, 0.2) is 18.2 Å². The molecular weight excluding hydrogens is 333 g/mol. The Kier molecular flexibility index (Phi) is 4.61. The first-order chi connectivity index (χ1) is 10.6. The molecule has 0 aliphatic heterocycles. The molecule has 0 aromatic heterocycles. The smallest absolute Gasteiger partial charge is 0.353 e.